The molecule has 3 aromatic rings. The second kappa shape index (κ2) is 11.2. The molecule has 1 amide bonds. The van der Waals surface area contributed by atoms with E-state index in [0.717, 1.165) is 22.6 Å². The monoisotopic (exact) mass is 419 g/mol. The molecule has 0 saturated carbocycles. The number of carbonyl (C=O) groups excluding carboxylic acids is 1. The van der Waals surface area contributed by atoms with Crippen molar-refractivity contribution < 1.29 is 19.2 Å². The molecule has 0 aliphatic carbocycles. The van der Waals surface area contributed by atoms with Gasteiger partial charge in [0, 0.05) is 12.1 Å². The largest absolute Gasteiger partial charge is 0.493 e. The Kier molecular flexibility index (Phi) is 8.07. The third kappa shape index (κ3) is 7.15. The third-order valence-electron chi connectivity index (χ3n) is 5.04. The van der Waals surface area contributed by atoms with Gasteiger partial charge in [-0.05, 0) is 30.2 Å². The summed E-state index contributed by atoms with van der Waals surface area (Å²) in [6.07, 6.45) is 0. The summed E-state index contributed by atoms with van der Waals surface area (Å²) in [6, 6.07) is 24.2. The van der Waals surface area contributed by atoms with Crippen LogP contribution in [-0.2, 0) is 24.5 Å². The van der Waals surface area contributed by atoms with Crippen LogP contribution in [-0.4, -0.2) is 26.6 Å². The highest BCUT2D eigenvalue weighted by molar-refractivity contribution is 5.76. The Morgan fingerprint density at radius 3 is 2.32 bits per heavy atom. The summed E-state index contributed by atoms with van der Waals surface area (Å²) in [6.45, 7) is 4.23. The summed E-state index contributed by atoms with van der Waals surface area (Å²) in [5, 5.41) is 3.00. The number of nitrogens with one attached hydrogen (secondary N) is 2. The number of methoxy groups -OCH3 is 1. The van der Waals surface area contributed by atoms with E-state index in [1.54, 1.807) is 7.11 Å². The van der Waals surface area contributed by atoms with Crippen molar-refractivity contribution >= 4 is 5.91 Å². The van der Waals surface area contributed by atoms with Crippen molar-refractivity contribution in [2.24, 2.45) is 0 Å². The number of aryl methyl sites for hydroxylation is 1. The van der Waals surface area contributed by atoms with E-state index in [1.165, 1.54) is 11.1 Å². The molecule has 0 heterocycles. The lowest BCUT2D eigenvalue weighted by molar-refractivity contribution is -0.885. The fraction of sp³-hybridized carbons (Fsp3) is 0.269. The maximum Gasteiger partial charge on any atom is 0.275 e. The second-order valence-electron chi connectivity index (χ2n) is 7.83. The van der Waals surface area contributed by atoms with Gasteiger partial charge in [-0.25, -0.2) is 0 Å². The molecule has 0 radical (unpaired) electrons. The lowest BCUT2D eigenvalue weighted by atomic mass is 10.1. The van der Waals surface area contributed by atoms with Gasteiger partial charge in [0.25, 0.3) is 5.91 Å². The zero-order valence-electron chi connectivity index (χ0n) is 18.5. The number of likely N-dealkylation sites (N-methyl/N-ethyl adjacent to an activating group) is 1. The van der Waals surface area contributed by atoms with Crippen molar-refractivity contribution in [1.29, 1.82) is 0 Å². The minimum Gasteiger partial charge on any atom is -0.493 e. The SMILES string of the molecule is COc1cc(CNC(=O)C[NH+](C)Cc2ccc(C)cc2)ccc1OCc1ccccc1. The summed E-state index contributed by atoms with van der Waals surface area (Å²) in [5.41, 5.74) is 4.53. The molecule has 1 unspecified atom stereocenters. The van der Waals surface area contributed by atoms with E-state index in [9.17, 15) is 4.79 Å². The molecule has 5 heteroatoms. The van der Waals surface area contributed by atoms with Gasteiger partial charge in [-0.15, -0.1) is 0 Å². The van der Waals surface area contributed by atoms with E-state index in [-0.39, 0.29) is 5.91 Å². The fourth-order valence-corrected chi connectivity index (χ4v) is 3.33. The maximum atomic E-state index is 12.4. The van der Waals surface area contributed by atoms with Crippen LogP contribution in [0.5, 0.6) is 11.5 Å². The number of carbonyl (C=O) groups is 1. The van der Waals surface area contributed by atoms with Crippen LogP contribution in [0.4, 0.5) is 0 Å². The van der Waals surface area contributed by atoms with Crippen LogP contribution >= 0.6 is 0 Å². The highest BCUT2D eigenvalue weighted by atomic mass is 16.5. The van der Waals surface area contributed by atoms with Crippen molar-refractivity contribution in [3.05, 3.63) is 95.1 Å². The van der Waals surface area contributed by atoms with E-state index in [2.05, 4.69) is 36.5 Å². The van der Waals surface area contributed by atoms with E-state index in [1.807, 2.05) is 55.6 Å². The molecule has 0 aromatic heterocycles. The molecular weight excluding hydrogens is 388 g/mol. The number of hydrogen-bond acceptors (Lipinski definition) is 3. The van der Waals surface area contributed by atoms with Crippen LogP contribution in [0.3, 0.4) is 0 Å². The van der Waals surface area contributed by atoms with Crippen LogP contribution in [0.15, 0.2) is 72.8 Å². The zero-order valence-corrected chi connectivity index (χ0v) is 18.5. The molecule has 31 heavy (non-hydrogen) atoms. The van der Waals surface area contributed by atoms with Crippen molar-refractivity contribution in [2.75, 3.05) is 20.7 Å². The van der Waals surface area contributed by atoms with Gasteiger partial charge in [-0.3, -0.25) is 4.79 Å². The second-order valence-corrected chi connectivity index (χ2v) is 7.83. The molecule has 0 bridgehead atoms. The average Bonchev–Trinajstić information content (AvgIpc) is 2.78. The van der Waals surface area contributed by atoms with Crippen LogP contribution in [0, 0.1) is 6.92 Å². The lowest BCUT2D eigenvalue weighted by Crippen LogP contribution is -3.08. The predicted molar refractivity (Wildman–Crippen MR) is 122 cm³/mol. The number of quaternary nitrogens is 1. The lowest BCUT2D eigenvalue weighted by Gasteiger charge is -2.15. The first-order valence-electron chi connectivity index (χ1n) is 10.5. The molecule has 0 aliphatic heterocycles. The third-order valence-corrected chi connectivity index (χ3v) is 5.04. The predicted octanol–water partition coefficient (Wildman–Crippen LogP) is 2.91. The first-order valence-corrected chi connectivity index (χ1v) is 10.5. The van der Waals surface area contributed by atoms with Crippen LogP contribution < -0.4 is 19.7 Å². The zero-order chi connectivity index (χ0) is 22.1. The summed E-state index contributed by atoms with van der Waals surface area (Å²) >= 11 is 0. The minimum absolute atomic E-state index is 0.0213. The summed E-state index contributed by atoms with van der Waals surface area (Å²) in [7, 11) is 3.65. The highest BCUT2D eigenvalue weighted by Crippen LogP contribution is 2.28. The van der Waals surface area contributed by atoms with Crippen LogP contribution in [0.2, 0.25) is 0 Å². The van der Waals surface area contributed by atoms with Gasteiger partial charge in [0.1, 0.15) is 13.2 Å². The van der Waals surface area contributed by atoms with Crippen molar-refractivity contribution in [3.63, 3.8) is 0 Å². The molecule has 5 nitrogen and oxygen atoms in total. The molecule has 162 valence electrons. The smallest absolute Gasteiger partial charge is 0.275 e. The quantitative estimate of drug-likeness (QED) is 0.531. The number of rotatable bonds is 10. The molecule has 1 atom stereocenters. The summed E-state index contributed by atoms with van der Waals surface area (Å²) in [4.78, 5) is 13.5. The molecule has 2 N–H and O–H groups in total. The first-order chi connectivity index (χ1) is 15.0. The number of amides is 1. The average molecular weight is 420 g/mol. The van der Waals surface area contributed by atoms with Gasteiger partial charge >= 0.3 is 0 Å². The van der Waals surface area contributed by atoms with Crippen molar-refractivity contribution in [3.8, 4) is 11.5 Å². The van der Waals surface area contributed by atoms with Crippen molar-refractivity contribution in [1.82, 2.24) is 5.32 Å². The summed E-state index contributed by atoms with van der Waals surface area (Å²) < 4.78 is 11.4. The Morgan fingerprint density at radius 1 is 0.903 bits per heavy atom. The van der Waals surface area contributed by atoms with E-state index in [0.29, 0.717) is 31.2 Å². The molecule has 0 aliphatic rings. The molecule has 3 rings (SSSR count). The Bertz CT molecular complexity index is 972. The maximum absolute atomic E-state index is 12.4. The normalized spacial score (nSPS) is 11.6. The van der Waals surface area contributed by atoms with Gasteiger partial charge in [0.15, 0.2) is 18.0 Å². The molecular formula is C26H31N2O3+. The topological polar surface area (TPSA) is 52.0 Å². The Balaban J connectivity index is 1.48. The van der Waals surface area contributed by atoms with Gasteiger partial charge < -0.3 is 19.7 Å². The molecule has 0 fully saturated rings. The molecule has 0 spiro atoms. The molecule has 3 aromatic carbocycles. The Morgan fingerprint density at radius 2 is 1.61 bits per heavy atom. The fourth-order valence-electron chi connectivity index (χ4n) is 3.33. The van der Waals surface area contributed by atoms with E-state index >= 15 is 0 Å². The minimum atomic E-state index is 0.0213. The highest BCUT2D eigenvalue weighted by Gasteiger charge is 2.12. The summed E-state index contributed by atoms with van der Waals surface area (Å²) in [5.74, 6) is 1.36. The van der Waals surface area contributed by atoms with E-state index < -0.39 is 0 Å². The van der Waals surface area contributed by atoms with Gasteiger partial charge in [0.2, 0.25) is 0 Å². The Labute approximate surface area is 184 Å². The van der Waals surface area contributed by atoms with Gasteiger partial charge in [0.05, 0.1) is 14.2 Å². The first kappa shape index (κ1) is 22.4. The number of hydrogen-bond donors (Lipinski definition) is 2. The van der Waals surface area contributed by atoms with Crippen molar-refractivity contribution in [2.45, 2.75) is 26.6 Å². The van der Waals surface area contributed by atoms with Gasteiger partial charge in [-0.2, -0.15) is 0 Å². The van der Waals surface area contributed by atoms with Crippen LogP contribution in [0.25, 0.3) is 0 Å². The number of benzene rings is 3. The molecule has 0 saturated heterocycles. The standard InChI is InChI=1S/C26H30N2O3/c1-20-9-11-21(12-10-20)17-28(2)18-26(29)27-16-23-13-14-24(25(15-23)30-3)31-19-22-7-5-4-6-8-22/h4-15H,16-19H2,1-3H3,(H,27,29)/p+1. The number of ether oxygens (including phenoxy) is 2. The van der Waals surface area contributed by atoms with Crippen LogP contribution in [0.1, 0.15) is 22.3 Å². The Hall–Kier alpha value is -3.31. The van der Waals surface area contributed by atoms with E-state index in [4.69, 9.17) is 9.47 Å². The van der Waals surface area contributed by atoms with Gasteiger partial charge in [-0.1, -0.05) is 66.2 Å².